The molecule has 208 valence electrons. The summed E-state index contributed by atoms with van der Waals surface area (Å²) >= 11 is 1.55. The minimum Gasteiger partial charge on any atom is -0.460 e. The molecule has 0 radical (unpaired) electrons. The summed E-state index contributed by atoms with van der Waals surface area (Å²) in [4.78, 5) is 57.5. The molecule has 0 spiro atoms. The molecular formula is C24H45N5O6S. The lowest BCUT2D eigenvalue weighted by atomic mass is 10.0. The maximum atomic E-state index is 12.8. The molecular weight excluding hydrogens is 486 g/mol. The third-order valence-electron chi connectivity index (χ3n) is 4.96. The number of hydrogen-bond donors (Lipinski definition) is 4. The number of carbonyl (C=O) groups excluding carboxylic acids is 5. The van der Waals surface area contributed by atoms with Crippen molar-refractivity contribution < 1.29 is 28.7 Å². The zero-order valence-corrected chi connectivity index (χ0v) is 23.3. The maximum Gasteiger partial charge on any atom is 0.318 e. The summed E-state index contributed by atoms with van der Waals surface area (Å²) in [7, 11) is 0. The number of urea groups is 1. The van der Waals surface area contributed by atoms with Gasteiger partial charge in [0.15, 0.2) is 0 Å². The molecule has 0 aliphatic carbocycles. The zero-order chi connectivity index (χ0) is 27.9. The van der Waals surface area contributed by atoms with Gasteiger partial charge in [-0.25, -0.2) is 4.79 Å². The molecule has 1 aliphatic rings. The molecule has 11 nitrogen and oxygen atoms in total. The van der Waals surface area contributed by atoms with Gasteiger partial charge in [0.2, 0.25) is 18.2 Å². The molecule has 0 aromatic carbocycles. The van der Waals surface area contributed by atoms with Crippen LogP contribution in [-0.2, 0) is 23.9 Å². The molecule has 6 N–H and O–H groups in total. The summed E-state index contributed by atoms with van der Waals surface area (Å²) < 4.78 is 5.28. The van der Waals surface area contributed by atoms with Crippen LogP contribution in [0.5, 0.6) is 0 Å². The van der Waals surface area contributed by atoms with E-state index >= 15 is 0 Å². The highest BCUT2D eigenvalue weighted by Gasteiger charge is 2.36. The first-order valence-corrected chi connectivity index (χ1v) is 13.5. The van der Waals surface area contributed by atoms with Gasteiger partial charge in [-0.1, -0.05) is 13.8 Å². The topological polar surface area (TPSA) is 174 Å². The number of thioether (sulfide) groups is 1. The van der Waals surface area contributed by atoms with E-state index in [1.54, 1.807) is 22.0 Å². The predicted molar refractivity (Wildman–Crippen MR) is 141 cm³/mol. The van der Waals surface area contributed by atoms with Crippen LogP contribution in [0.15, 0.2) is 0 Å². The lowest BCUT2D eigenvalue weighted by Crippen LogP contribution is -2.53. The molecule has 0 aromatic heterocycles. The van der Waals surface area contributed by atoms with Gasteiger partial charge in [-0.05, 0) is 65.0 Å². The summed E-state index contributed by atoms with van der Waals surface area (Å²) in [5.41, 5.74) is 10.1. The van der Waals surface area contributed by atoms with Crippen molar-refractivity contribution in [3.8, 4) is 0 Å². The number of ether oxygens (including phenoxy) is 1. The van der Waals surface area contributed by atoms with Crippen molar-refractivity contribution >= 4 is 42.0 Å². The van der Waals surface area contributed by atoms with Crippen molar-refractivity contribution in [3.05, 3.63) is 0 Å². The summed E-state index contributed by atoms with van der Waals surface area (Å²) in [5.74, 6) is 1.26. The van der Waals surface area contributed by atoms with E-state index in [0.717, 1.165) is 18.6 Å². The normalized spacial score (nSPS) is 16.9. The van der Waals surface area contributed by atoms with Gasteiger partial charge in [-0.3, -0.25) is 24.5 Å². The van der Waals surface area contributed by atoms with E-state index in [0.29, 0.717) is 37.5 Å². The number of primary amides is 1. The number of nitrogens with zero attached hydrogens (tertiary/aromatic N) is 1. The fraction of sp³-hybridized carbons (Fsp3) is 0.792. The quantitative estimate of drug-likeness (QED) is 0.167. The van der Waals surface area contributed by atoms with Crippen LogP contribution in [0.3, 0.4) is 0 Å². The van der Waals surface area contributed by atoms with Crippen LogP contribution >= 0.6 is 11.8 Å². The summed E-state index contributed by atoms with van der Waals surface area (Å²) in [6.07, 6.45) is 3.67. The summed E-state index contributed by atoms with van der Waals surface area (Å²) in [6.45, 7) is 12.4. The number of likely N-dealkylation sites (tertiary alicyclic amines) is 1. The molecule has 1 heterocycles. The largest absolute Gasteiger partial charge is 0.460 e. The van der Waals surface area contributed by atoms with Gasteiger partial charge in [0.05, 0.1) is 6.04 Å². The Labute approximate surface area is 219 Å². The molecule has 0 bridgehead atoms. The Balaban J connectivity index is 0.00000181. The second-order valence-electron chi connectivity index (χ2n) is 10.2. The predicted octanol–water partition coefficient (Wildman–Crippen LogP) is 1.52. The average Bonchev–Trinajstić information content (AvgIpc) is 3.21. The number of carbonyl (C=O) groups is 5. The first-order chi connectivity index (χ1) is 16.7. The van der Waals surface area contributed by atoms with E-state index in [4.69, 9.17) is 10.5 Å². The number of nitrogens with one attached hydrogen (secondary N) is 2. The molecule has 1 fully saturated rings. The highest BCUT2D eigenvalue weighted by molar-refractivity contribution is 7.99. The Bertz CT molecular complexity index is 728. The molecule has 1 aliphatic heterocycles. The number of rotatable bonds is 12. The summed E-state index contributed by atoms with van der Waals surface area (Å²) in [5, 5.41) is 4.71. The Morgan fingerprint density at radius 1 is 1.19 bits per heavy atom. The lowest BCUT2D eigenvalue weighted by Gasteiger charge is -2.28. The summed E-state index contributed by atoms with van der Waals surface area (Å²) in [6, 6.07) is -1.80. The number of esters is 1. The second-order valence-corrected chi connectivity index (χ2v) is 11.4. The van der Waals surface area contributed by atoms with Crippen LogP contribution < -0.4 is 22.1 Å². The number of hydrogen-bond acceptors (Lipinski definition) is 8. The smallest absolute Gasteiger partial charge is 0.318 e. The van der Waals surface area contributed by atoms with E-state index in [1.807, 2.05) is 27.7 Å². The van der Waals surface area contributed by atoms with Crippen LogP contribution in [-0.4, -0.2) is 76.9 Å². The average molecular weight is 532 g/mol. The number of amides is 5. The fourth-order valence-corrected chi connectivity index (χ4v) is 4.58. The minimum absolute atomic E-state index is 0.0776. The SMILES string of the molecule is CC(C)CC(C)NC(=O)C1CCCN1C(=O)C(N)CSCCCC(=O)OC(C)(C)C.NC(=O)NC=O. The van der Waals surface area contributed by atoms with Crippen LogP contribution in [0.4, 0.5) is 4.79 Å². The van der Waals surface area contributed by atoms with Crippen molar-refractivity contribution in [2.75, 3.05) is 18.1 Å². The minimum atomic E-state index is -0.829. The number of nitrogens with two attached hydrogens (primary N) is 2. The fourth-order valence-electron chi connectivity index (χ4n) is 3.67. The Hall–Kier alpha value is -2.34. The molecule has 1 rings (SSSR count). The molecule has 3 unspecified atom stereocenters. The third kappa shape index (κ3) is 15.6. The molecule has 36 heavy (non-hydrogen) atoms. The zero-order valence-electron chi connectivity index (χ0n) is 22.5. The van der Waals surface area contributed by atoms with E-state index < -0.39 is 23.7 Å². The molecule has 0 saturated carbocycles. The molecule has 12 heteroatoms. The molecule has 3 atom stereocenters. The van der Waals surface area contributed by atoms with Crippen LogP contribution in [0.25, 0.3) is 0 Å². The van der Waals surface area contributed by atoms with Crippen LogP contribution in [0.2, 0.25) is 0 Å². The van der Waals surface area contributed by atoms with Gasteiger partial charge in [-0.15, -0.1) is 0 Å². The third-order valence-corrected chi connectivity index (χ3v) is 6.13. The van der Waals surface area contributed by atoms with Gasteiger partial charge in [-0.2, -0.15) is 11.8 Å². The molecule has 1 saturated heterocycles. The van der Waals surface area contributed by atoms with E-state index in [1.165, 1.54) is 0 Å². The standard InChI is InChI=1S/C22H41N3O4S.C2H4N2O2/c1-15(2)13-16(3)24-20(27)18-9-7-11-25(18)21(28)17(23)14-30-12-8-10-19(26)29-22(4,5)6;3-2(6)4-1-5/h15-18H,7-14,23H2,1-6H3,(H,24,27);1H,(H3,3,4,5,6). The molecule has 5 amide bonds. The first kappa shape index (κ1) is 33.7. The maximum absolute atomic E-state index is 12.8. The Kier molecular flexibility index (Phi) is 16.1. The van der Waals surface area contributed by atoms with E-state index in [2.05, 4.69) is 24.9 Å². The van der Waals surface area contributed by atoms with Crippen LogP contribution in [0.1, 0.15) is 73.6 Å². The first-order valence-electron chi connectivity index (χ1n) is 12.3. The Morgan fingerprint density at radius 2 is 1.83 bits per heavy atom. The van der Waals surface area contributed by atoms with Gasteiger partial charge in [0.25, 0.3) is 0 Å². The van der Waals surface area contributed by atoms with Crippen molar-refractivity contribution in [1.29, 1.82) is 0 Å². The van der Waals surface area contributed by atoms with Crippen molar-refractivity contribution in [3.63, 3.8) is 0 Å². The monoisotopic (exact) mass is 531 g/mol. The van der Waals surface area contributed by atoms with Gasteiger partial charge in [0.1, 0.15) is 11.6 Å². The van der Waals surface area contributed by atoms with Crippen molar-refractivity contribution in [1.82, 2.24) is 15.5 Å². The Morgan fingerprint density at radius 3 is 2.33 bits per heavy atom. The second kappa shape index (κ2) is 17.2. The number of imide groups is 1. The van der Waals surface area contributed by atoms with Crippen LogP contribution in [0, 0.1) is 5.92 Å². The van der Waals surface area contributed by atoms with Crippen molar-refractivity contribution in [2.45, 2.75) is 97.4 Å². The molecule has 0 aromatic rings. The highest BCUT2D eigenvalue weighted by Crippen LogP contribution is 2.20. The van der Waals surface area contributed by atoms with Gasteiger partial charge >= 0.3 is 12.0 Å². The van der Waals surface area contributed by atoms with Crippen molar-refractivity contribution in [2.24, 2.45) is 17.4 Å². The van der Waals surface area contributed by atoms with Gasteiger partial charge < -0.3 is 26.4 Å². The lowest BCUT2D eigenvalue weighted by molar-refractivity contribution is -0.154. The van der Waals surface area contributed by atoms with E-state index in [-0.39, 0.29) is 30.2 Å². The van der Waals surface area contributed by atoms with Gasteiger partial charge in [0, 0.05) is 24.8 Å². The van der Waals surface area contributed by atoms with E-state index in [9.17, 15) is 24.0 Å². The highest BCUT2D eigenvalue weighted by atomic mass is 32.2.